The molecule has 2 aliphatic heterocycles. The second kappa shape index (κ2) is 7.65. The molecule has 2 atom stereocenters. The number of rotatable bonds is 4. The van der Waals surface area contributed by atoms with Gasteiger partial charge < -0.3 is 14.9 Å². The van der Waals surface area contributed by atoms with E-state index in [2.05, 4.69) is 0 Å². The first kappa shape index (κ1) is 18.7. The summed E-state index contributed by atoms with van der Waals surface area (Å²) < 4.78 is 13.5. The maximum absolute atomic E-state index is 13.5. The lowest BCUT2D eigenvalue weighted by molar-refractivity contribution is -0.142. The fourth-order valence-electron chi connectivity index (χ4n) is 3.47. The molecule has 26 heavy (non-hydrogen) atoms. The molecule has 0 spiro atoms. The SMILES string of the molecule is Cc1cc(N2CC(C(=O)N3CCSCC3CC(=O)O)CC2=O)ccc1F. The molecule has 3 rings (SSSR count). The number of aliphatic carboxylic acids is 1. The Kier molecular flexibility index (Phi) is 5.50. The zero-order chi connectivity index (χ0) is 18.8. The molecule has 2 unspecified atom stereocenters. The average molecular weight is 380 g/mol. The summed E-state index contributed by atoms with van der Waals surface area (Å²) in [6, 6.07) is 4.12. The summed E-state index contributed by atoms with van der Waals surface area (Å²) in [6.07, 6.45) is 0.0129. The highest BCUT2D eigenvalue weighted by atomic mass is 32.2. The van der Waals surface area contributed by atoms with Crippen molar-refractivity contribution in [3.63, 3.8) is 0 Å². The van der Waals surface area contributed by atoms with Gasteiger partial charge in [-0.2, -0.15) is 11.8 Å². The number of thioether (sulfide) groups is 1. The molecule has 2 saturated heterocycles. The molecule has 140 valence electrons. The number of aryl methyl sites for hydroxylation is 1. The van der Waals surface area contributed by atoms with Crippen LogP contribution < -0.4 is 4.90 Å². The van der Waals surface area contributed by atoms with Crippen LogP contribution in [0.25, 0.3) is 0 Å². The van der Waals surface area contributed by atoms with E-state index in [1.807, 2.05) is 0 Å². The third-order valence-electron chi connectivity index (χ3n) is 4.85. The lowest BCUT2D eigenvalue weighted by atomic mass is 10.0. The van der Waals surface area contributed by atoms with Crippen molar-refractivity contribution >= 4 is 35.2 Å². The van der Waals surface area contributed by atoms with E-state index in [-0.39, 0.29) is 43.1 Å². The molecule has 8 heteroatoms. The fourth-order valence-corrected chi connectivity index (χ4v) is 4.53. The van der Waals surface area contributed by atoms with Crippen LogP contribution in [-0.4, -0.2) is 58.4 Å². The minimum Gasteiger partial charge on any atom is -0.481 e. The summed E-state index contributed by atoms with van der Waals surface area (Å²) in [7, 11) is 0. The first-order valence-corrected chi connectivity index (χ1v) is 9.69. The fraction of sp³-hybridized carbons (Fsp3) is 0.500. The number of benzene rings is 1. The molecule has 0 aliphatic carbocycles. The summed E-state index contributed by atoms with van der Waals surface area (Å²) in [5.74, 6) is -0.728. The molecule has 0 saturated carbocycles. The monoisotopic (exact) mass is 380 g/mol. The molecular formula is C18H21FN2O4S. The van der Waals surface area contributed by atoms with Gasteiger partial charge in [-0.15, -0.1) is 0 Å². The van der Waals surface area contributed by atoms with Gasteiger partial charge in [0.1, 0.15) is 5.82 Å². The van der Waals surface area contributed by atoms with Crippen LogP contribution in [0.3, 0.4) is 0 Å². The smallest absolute Gasteiger partial charge is 0.305 e. The highest BCUT2D eigenvalue weighted by Gasteiger charge is 2.40. The molecule has 2 fully saturated rings. The van der Waals surface area contributed by atoms with Crippen LogP contribution >= 0.6 is 11.8 Å². The van der Waals surface area contributed by atoms with Crippen LogP contribution in [0.5, 0.6) is 0 Å². The van der Waals surface area contributed by atoms with E-state index < -0.39 is 11.9 Å². The number of hydrogen-bond acceptors (Lipinski definition) is 4. The van der Waals surface area contributed by atoms with Crippen molar-refractivity contribution in [1.29, 1.82) is 0 Å². The molecule has 6 nitrogen and oxygen atoms in total. The van der Waals surface area contributed by atoms with Crippen molar-refractivity contribution in [2.45, 2.75) is 25.8 Å². The summed E-state index contributed by atoms with van der Waals surface area (Å²) in [5, 5.41) is 9.07. The Labute approximate surface area is 155 Å². The number of carboxylic acid groups (broad SMARTS) is 1. The van der Waals surface area contributed by atoms with E-state index >= 15 is 0 Å². The van der Waals surface area contributed by atoms with Crippen LogP contribution in [0.1, 0.15) is 18.4 Å². The van der Waals surface area contributed by atoms with Gasteiger partial charge in [0.05, 0.1) is 18.4 Å². The van der Waals surface area contributed by atoms with Gasteiger partial charge in [-0.05, 0) is 30.7 Å². The minimum atomic E-state index is -0.929. The predicted molar refractivity (Wildman–Crippen MR) is 96.7 cm³/mol. The van der Waals surface area contributed by atoms with Gasteiger partial charge >= 0.3 is 5.97 Å². The van der Waals surface area contributed by atoms with Gasteiger partial charge in [0.15, 0.2) is 0 Å². The maximum Gasteiger partial charge on any atom is 0.305 e. The van der Waals surface area contributed by atoms with Crippen molar-refractivity contribution in [2.75, 3.05) is 29.5 Å². The highest BCUT2D eigenvalue weighted by Crippen LogP contribution is 2.29. The van der Waals surface area contributed by atoms with E-state index in [0.717, 1.165) is 5.75 Å². The summed E-state index contributed by atoms with van der Waals surface area (Å²) in [5.41, 5.74) is 1.03. The van der Waals surface area contributed by atoms with Crippen molar-refractivity contribution in [2.24, 2.45) is 5.92 Å². The largest absolute Gasteiger partial charge is 0.481 e. The normalized spacial score (nSPS) is 23.4. The maximum atomic E-state index is 13.5. The molecule has 1 aromatic carbocycles. The van der Waals surface area contributed by atoms with Crippen molar-refractivity contribution < 1.29 is 23.9 Å². The summed E-state index contributed by atoms with van der Waals surface area (Å²) in [4.78, 5) is 39.5. The van der Waals surface area contributed by atoms with E-state index in [4.69, 9.17) is 5.11 Å². The number of carboxylic acids is 1. The van der Waals surface area contributed by atoms with E-state index in [0.29, 0.717) is 23.5 Å². The van der Waals surface area contributed by atoms with Gasteiger partial charge in [0.2, 0.25) is 11.8 Å². The zero-order valence-corrected chi connectivity index (χ0v) is 15.3. The van der Waals surface area contributed by atoms with E-state index in [1.165, 1.54) is 17.0 Å². The lowest BCUT2D eigenvalue weighted by Crippen LogP contribution is -2.49. The molecule has 2 heterocycles. The number of carbonyl (C=O) groups is 3. The standard InChI is InChI=1S/C18H21FN2O4S/c1-11-6-13(2-3-15(11)19)21-9-12(7-16(21)22)18(25)20-4-5-26-10-14(20)8-17(23)24/h2-3,6,12,14H,4-5,7-10H2,1H3,(H,23,24). The van der Waals surface area contributed by atoms with Crippen LogP contribution in [-0.2, 0) is 14.4 Å². The lowest BCUT2D eigenvalue weighted by Gasteiger charge is -2.36. The number of amides is 2. The van der Waals surface area contributed by atoms with Crippen LogP contribution in [0, 0.1) is 18.7 Å². The van der Waals surface area contributed by atoms with Gasteiger partial charge in [-0.3, -0.25) is 14.4 Å². The van der Waals surface area contributed by atoms with Gasteiger partial charge in [-0.25, -0.2) is 4.39 Å². The summed E-state index contributed by atoms with van der Waals surface area (Å²) in [6.45, 7) is 2.37. The van der Waals surface area contributed by atoms with Crippen molar-refractivity contribution in [1.82, 2.24) is 4.90 Å². The average Bonchev–Trinajstić information content (AvgIpc) is 2.98. The molecule has 0 aromatic heterocycles. The number of nitrogens with zero attached hydrogens (tertiary/aromatic N) is 2. The van der Waals surface area contributed by atoms with Crippen molar-refractivity contribution in [3.05, 3.63) is 29.6 Å². The molecule has 2 amide bonds. The topological polar surface area (TPSA) is 77.9 Å². The molecule has 2 aliphatic rings. The first-order chi connectivity index (χ1) is 12.4. The van der Waals surface area contributed by atoms with Gasteiger partial charge in [0, 0.05) is 36.7 Å². The number of anilines is 1. The van der Waals surface area contributed by atoms with Gasteiger partial charge in [0.25, 0.3) is 0 Å². The Morgan fingerprint density at radius 3 is 2.85 bits per heavy atom. The Balaban J connectivity index is 1.73. The molecule has 1 N–H and O–H groups in total. The Bertz CT molecular complexity index is 742. The number of carbonyl (C=O) groups excluding carboxylic acids is 2. The van der Waals surface area contributed by atoms with E-state index in [9.17, 15) is 18.8 Å². The predicted octanol–water partition coefficient (Wildman–Crippen LogP) is 1.91. The molecule has 0 radical (unpaired) electrons. The summed E-state index contributed by atoms with van der Waals surface area (Å²) >= 11 is 1.64. The molecule has 1 aromatic rings. The third kappa shape index (κ3) is 3.85. The van der Waals surface area contributed by atoms with Crippen LogP contribution in [0.4, 0.5) is 10.1 Å². The number of halogens is 1. The minimum absolute atomic E-state index is 0.0831. The second-order valence-corrected chi connectivity index (χ2v) is 7.85. The molecular weight excluding hydrogens is 359 g/mol. The zero-order valence-electron chi connectivity index (χ0n) is 14.5. The van der Waals surface area contributed by atoms with Crippen LogP contribution in [0.15, 0.2) is 18.2 Å². The quantitative estimate of drug-likeness (QED) is 0.863. The third-order valence-corrected chi connectivity index (χ3v) is 5.94. The Morgan fingerprint density at radius 2 is 2.15 bits per heavy atom. The molecule has 0 bridgehead atoms. The Hall–Kier alpha value is -2.09. The number of hydrogen-bond donors (Lipinski definition) is 1. The second-order valence-electron chi connectivity index (χ2n) is 6.70. The van der Waals surface area contributed by atoms with Crippen molar-refractivity contribution in [3.8, 4) is 0 Å². The highest BCUT2D eigenvalue weighted by molar-refractivity contribution is 7.99. The van der Waals surface area contributed by atoms with E-state index in [1.54, 1.807) is 29.7 Å². The van der Waals surface area contributed by atoms with Crippen LogP contribution in [0.2, 0.25) is 0 Å². The Morgan fingerprint density at radius 1 is 1.38 bits per heavy atom. The van der Waals surface area contributed by atoms with Gasteiger partial charge in [-0.1, -0.05) is 0 Å². The first-order valence-electron chi connectivity index (χ1n) is 8.53.